The Balaban J connectivity index is 1.21. The summed E-state index contributed by atoms with van der Waals surface area (Å²) in [5.41, 5.74) is 4.32. The number of aliphatic hydroxyl groups is 1. The number of benzene rings is 2. The number of rotatable bonds is 6. The van der Waals surface area contributed by atoms with Gasteiger partial charge in [0.05, 0.1) is 6.10 Å². The van der Waals surface area contributed by atoms with Gasteiger partial charge in [-0.15, -0.1) is 0 Å². The van der Waals surface area contributed by atoms with Crippen molar-refractivity contribution >= 4 is 11.6 Å². The predicted molar refractivity (Wildman–Crippen MR) is 124 cm³/mol. The second-order valence-corrected chi connectivity index (χ2v) is 8.59. The van der Waals surface area contributed by atoms with Gasteiger partial charge in [0.25, 0.3) is 5.91 Å². The summed E-state index contributed by atoms with van der Waals surface area (Å²) in [5, 5.41) is 13.2. The van der Waals surface area contributed by atoms with Gasteiger partial charge in [0.1, 0.15) is 23.0 Å². The summed E-state index contributed by atoms with van der Waals surface area (Å²) >= 11 is 0. The number of pyridine rings is 1. The summed E-state index contributed by atoms with van der Waals surface area (Å²) < 4.78 is 28.8. The Hall–Kier alpha value is -3.62. The van der Waals surface area contributed by atoms with Crippen LogP contribution in [0.15, 0.2) is 67.0 Å². The van der Waals surface area contributed by atoms with Crippen LogP contribution in [0.4, 0.5) is 8.78 Å². The Morgan fingerprint density at radius 3 is 2.59 bits per heavy atom. The van der Waals surface area contributed by atoms with Crippen LogP contribution < -0.4 is 5.32 Å². The minimum absolute atomic E-state index is 0.110. The van der Waals surface area contributed by atoms with Gasteiger partial charge in [-0.25, -0.2) is 13.8 Å². The lowest BCUT2D eigenvalue weighted by atomic mass is 10.00. The Bertz CT molecular complexity index is 1330. The third-order valence-corrected chi connectivity index (χ3v) is 6.06. The number of nitrogens with one attached hydrogen (secondary N) is 1. The first-order valence-electron chi connectivity index (χ1n) is 11.2. The largest absolute Gasteiger partial charge is 0.390 e. The van der Waals surface area contributed by atoms with Crippen LogP contribution in [0.5, 0.6) is 0 Å². The van der Waals surface area contributed by atoms with Crippen LogP contribution in [-0.2, 0) is 13.0 Å². The standard InChI is InChI=1S/C26H24F2N4O2/c27-21-9-20(10-22(28)11-21)19-5-6-25-30-24(16-32(25)14-19)26(34)29-12-23(33)15-31-8-7-17-3-1-2-4-18(17)13-31/h1-6,9-11,14,16,23,33H,7-8,12-13,15H2,(H,29,34). The number of hydrogen-bond acceptors (Lipinski definition) is 4. The molecule has 0 fully saturated rings. The van der Waals surface area contributed by atoms with Crippen LogP contribution in [-0.4, -0.2) is 51.0 Å². The van der Waals surface area contributed by atoms with E-state index < -0.39 is 23.6 Å². The zero-order valence-corrected chi connectivity index (χ0v) is 18.4. The van der Waals surface area contributed by atoms with Crippen molar-refractivity contribution in [2.75, 3.05) is 19.6 Å². The van der Waals surface area contributed by atoms with Crippen molar-refractivity contribution in [2.45, 2.75) is 19.1 Å². The lowest BCUT2D eigenvalue weighted by Gasteiger charge is -2.30. The number of amides is 1. The van der Waals surface area contributed by atoms with E-state index in [0.29, 0.717) is 23.3 Å². The molecular formula is C26H24F2N4O2. The van der Waals surface area contributed by atoms with Crippen molar-refractivity contribution in [1.82, 2.24) is 19.6 Å². The molecule has 0 radical (unpaired) electrons. The highest BCUT2D eigenvalue weighted by Gasteiger charge is 2.19. The average Bonchev–Trinajstić information content (AvgIpc) is 3.25. The number of nitrogens with zero attached hydrogens (tertiary/aromatic N) is 3. The molecule has 2 aromatic heterocycles. The fourth-order valence-corrected chi connectivity index (χ4v) is 4.37. The van der Waals surface area contributed by atoms with Crippen molar-refractivity contribution < 1.29 is 18.7 Å². The number of imidazole rings is 1. The highest BCUT2D eigenvalue weighted by Crippen LogP contribution is 2.23. The molecule has 1 unspecified atom stereocenters. The molecule has 0 spiro atoms. The quantitative estimate of drug-likeness (QED) is 0.461. The van der Waals surface area contributed by atoms with E-state index in [1.54, 1.807) is 28.9 Å². The van der Waals surface area contributed by atoms with E-state index in [-0.39, 0.29) is 12.2 Å². The molecule has 5 rings (SSSR count). The summed E-state index contributed by atoms with van der Waals surface area (Å²) in [6, 6.07) is 15.0. The third kappa shape index (κ3) is 4.83. The second kappa shape index (κ2) is 9.32. The molecule has 8 heteroatoms. The smallest absolute Gasteiger partial charge is 0.271 e. The van der Waals surface area contributed by atoms with Crippen LogP contribution in [0.3, 0.4) is 0 Å². The molecular weight excluding hydrogens is 438 g/mol. The number of carbonyl (C=O) groups is 1. The van der Waals surface area contributed by atoms with Crippen molar-refractivity contribution in [1.29, 1.82) is 0 Å². The van der Waals surface area contributed by atoms with E-state index in [9.17, 15) is 18.7 Å². The van der Waals surface area contributed by atoms with Gasteiger partial charge in [-0.2, -0.15) is 0 Å². The molecule has 1 atom stereocenters. The van der Waals surface area contributed by atoms with E-state index in [0.717, 1.165) is 25.6 Å². The van der Waals surface area contributed by atoms with E-state index in [2.05, 4.69) is 27.3 Å². The molecule has 2 N–H and O–H groups in total. The van der Waals surface area contributed by atoms with Crippen molar-refractivity contribution in [3.05, 3.63) is 95.4 Å². The molecule has 0 aliphatic carbocycles. The van der Waals surface area contributed by atoms with Crippen molar-refractivity contribution in [3.63, 3.8) is 0 Å². The molecule has 0 saturated carbocycles. The SMILES string of the molecule is O=C(NCC(O)CN1CCc2ccccc2C1)c1cn2cc(-c3cc(F)cc(F)c3)ccc2n1. The third-order valence-electron chi connectivity index (χ3n) is 6.06. The summed E-state index contributed by atoms with van der Waals surface area (Å²) in [5.74, 6) is -1.72. The molecule has 174 valence electrons. The number of aliphatic hydroxyl groups excluding tert-OH is 1. The topological polar surface area (TPSA) is 69.9 Å². The van der Waals surface area contributed by atoms with Crippen LogP contribution in [0.25, 0.3) is 16.8 Å². The molecule has 0 saturated heterocycles. The van der Waals surface area contributed by atoms with Gasteiger partial charge in [0.15, 0.2) is 0 Å². The molecule has 4 aromatic rings. The van der Waals surface area contributed by atoms with Gasteiger partial charge in [-0.3, -0.25) is 9.69 Å². The van der Waals surface area contributed by atoms with Crippen LogP contribution in [0.2, 0.25) is 0 Å². The molecule has 6 nitrogen and oxygen atoms in total. The van der Waals surface area contributed by atoms with Crippen LogP contribution >= 0.6 is 0 Å². The summed E-state index contributed by atoms with van der Waals surface area (Å²) in [6.07, 6.45) is 3.45. The first-order valence-corrected chi connectivity index (χ1v) is 11.2. The fraction of sp³-hybridized carbons (Fsp3) is 0.231. The number of fused-ring (bicyclic) bond motifs is 2. The molecule has 1 aliphatic heterocycles. The van der Waals surface area contributed by atoms with Gasteiger partial charge >= 0.3 is 0 Å². The Morgan fingerprint density at radius 1 is 1.03 bits per heavy atom. The highest BCUT2D eigenvalue weighted by atomic mass is 19.1. The molecule has 1 aliphatic rings. The first-order chi connectivity index (χ1) is 16.4. The molecule has 34 heavy (non-hydrogen) atoms. The molecule has 1 amide bonds. The number of hydrogen-bond donors (Lipinski definition) is 2. The minimum Gasteiger partial charge on any atom is -0.390 e. The fourth-order valence-electron chi connectivity index (χ4n) is 4.37. The maximum Gasteiger partial charge on any atom is 0.271 e. The summed E-state index contributed by atoms with van der Waals surface area (Å²) in [6.45, 7) is 2.23. The molecule has 3 heterocycles. The summed E-state index contributed by atoms with van der Waals surface area (Å²) in [7, 11) is 0. The zero-order valence-electron chi connectivity index (χ0n) is 18.4. The molecule has 2 aromatic carbocycles. The Labute approximate surface area is 195 Å². The maximum atomic E-state index is 13.6. The van der Waals surface area contributed by atoms with Gasteiger partial charge in [0, 0.05) is 44.6 Å². The highest BCUT2D eigenvalue weighted by molar-refractivity contribution is 5.93. The first kappa shape index (κ1) is 22.2. The van der Waals surface area contributed by atoms with Crippen LogP contribution in [0.1, 0.15) is 21.6 Å². The monoisotopic (exact) mass is 462 g/mol. The number of carbonyl (C=O) groups excluding carboxylic acids is 1. The van der Waals surface area contributed by atoms with Crippen LogP contribution in [0, 0.1) is 11.6 Å². The van der Waals surface area contributed by atoms with Gasteiger partial charge in [-0.1, -0.05) is 24.3 Å². The summed E-state index contributed by atoms with van der Waals surface area (Å²) in [4.78, 5) is 19.1. The van der Waals surface area contributed by atoms with E-state index in [4.69, 9.17) is 0 Å². The van der Waals surface area contributed by atoms with E-state index in [1.807, 2.05) is 12.1 Å². The van der Waals surface area contributed by atoms with Crippen molar-refractivity contribution in [3.8, 4) is 11.1 Å². The van der Waals surface area contributed by atoms with Crippen molar-refractivity contribution in [2.24, 2.45) is 0 Å². The van der Waals surface area contributed by atoms with Gasteiger partial charge in [0.2, 0.25) is 0 Å². The minimum atomic E-state index is -0.708. The van der Waals surface area contributed by atoms with Gasteiger partial charge in [-0.05, 0) is 52.9 Å². The zero-order chi connectivity index (χ0) is 23.7. The maximum absolute atomic E-state index is 13.6. The lowest BCUT2D eigenvalue weighted by molar-refractivity contribution is 0.0838. The van der Waals surface area contributed by atoms with Gasteiger partial charge < -0.3 is 14.8 Å². The number of β-amino-alcohol motifs (C(OH)–C–C–N with tert-alkyl or cyclic N) is 1. The molecule has 0 bridgehead atoms. The predicted octanol–water partition coefficient (Wildman–Crippen LogP) is 3.43. The van der Waals surface area contributed by atoms with E-state index >= 15 is 0 Å². The Kier molecular flexibility index (Phi) is 6.08. The number of aromatic nitrogens is 2. The average molecular weight is 463 g/mol. The normalized spacial score (nSPS) is 14.7. The lowest BCUT2D eigenvalue weighted by Crippen LogP contribution is -2.42. The number of halogens is 2. The Morgan fingerprint density at radius 2 is 1.79 bits per heavy atom. The second-order valence-electron chi connectivity index (χ2n) is 8.59. The van der Waals surface area contributed by atoms with E-state index in [1.165, 1.54) is 23.3 Å².